The standard InChI is InChI=1S/C19H29N3O3/c23-17-11-16(19(25)20-7-1-2-8-20)13-22(17)12-14-5-9-21(10-6-14)18(24)15-3-4-15/h14-16H,1-13H2. The van der Waals surface area contributed by atoms with Crippen molar-refractivity contribution in [1.29, 1.82) is 0 Å². The minimum absolute atomic E-state index is 0.133. The molecule has 25 heavy (non-hydrogen) atoms. The van der Waals surface area contributed by atoms with Crippen molar-refractivity contribution in [2.75, 3.05) is 39.3 Å². The molecule has 0 bridgehead atoms. The molecule has 0 N–H and O–H groups in total. The van der Waals surface area contributed by atoms with Gasteiger partial charge in [-0.3, -0.25) is 14.4 Å². The summed E-state index contributed by atoms with van der Waals surface area (Å²) in [7, 11) is 0. The maximum absolute atomic E-state index is 12.5. The number of carbonyl (C=O) groups is 3. The topological polar surface area (TPSA) is 60.9 Å². The minimum Gasteiger partial charge on any atom is -0.342 e. The van der Waals surface area contributed by atoms with Gasteiger partial charge in [-0.1, -0.05) is 0 Å². The van der Waals surface area contributed by atoms with Gasteiger partial charge < -0.3 is 14.7 Å². The zero-order valence-electron chi connectivity index (χ0n) is 15.0. The van der Waals surface area contributed by atoms with E-state index in [1.165, 1.54) is 0 Å². The van der Waals surface area contributed by atoms with Gasteiger partial charge in [0.05, 0.1) is 5.92 Å². The molecule has 4 aliphatic rings. The van der Waals surface area contributed by atoms with Gasteiger partial charge in [-0.2, -0.15) is 0 Å². The van der Waals surface area contributed by atoms with Crippen LogP contribution in [0.5, 0.6) is 0 Å². The molecule has 0 radical (unpaired) electrons. The number of hydrogen-bond donors (Lipinski definition) is 0. The first-order valence-corrected chi connectivity index (χ1v) is 9.97. The first kappa shape index (κ1) is 16.9. The second kappa shape index (κ2) is 6.96. The molecule has 3 aliphatic heterocycles. The van der Waals surface area contributed by atoms with Crippen molar-refractivity contribution in [3.63, 3.8) is 0 Å². The molecule has 138 valence electrons. The molecule has 1 saturated carbocycles. The van der Waals surface area contributed by atoms with Crippen LogP contribution < -0.4 is 0 Å². The Morgan fingerprint density at radius 2 is 1.44 bits per heavy atom. The Hall–Kier alpha value is -1.59. The van der Waals surface area contributed by atoms with Crippen LogP contribution in [0, 0.1) is 17.8 Å². The van der Waals surface area contributed by atoms with Crippen LogP contribution in [0.2, 0.25) is 0 Å². The summed E-state index contributed by atoms with van der Waals surface area (Å²) in [6.07, 6.45) is 6.65. The Balaban J connectivity index is 1.25. The van der Waals surface area contributed by atoms with Crippen LogP contribution in [0.3, 0.4) is 0 Å². The van der Waals surface area contributed by atoms with Crippen molar-refractivity contribution in [2.45, 2.75) is 44.9 Å². The lowest BCUT2D eigenvalue weighted by Gasteiger charge is -2.34. The molecule has 0 aromatic rings. The Kier molecular flexibility index (Phi) is 4.69. The number of likely N-dealkylation sites (tertiary alicyclic amines) is 3. The normalized spacial score (nSPS) is 28.1. The van der Waals surface area contributed by atoms with E-state index in [-0.39, 0.29) is 17.7 Å². The van der Waals surface area contributed by atoms with Crippen molar-refractivity contribution in [2.24, 2.45) is 17.8 Å². The van der Waals surface area contributed by atoms with Gasteiger partial charge in [-0.25, -0.2) is 0 Å². The molecule has 0 spiro atoms. The van der Waals surface area contributed by atoms with E-state index in [9.17, 15) is 14.4 Å². The third kappa shape index (κ3) is 3.67. The van der Waals surface area contributed by atoms with E-state index in [4.69, 9.17) is 0 Å². The average molecular weight is 347 g/mol. The summed E-state index contributed by atoms with van der Waals surface area (Å²) in [6, 6.07) is 0. The highest BCUT2D eigenvalue weighted by atomic mass is 16.2. The third-order valence-corrected chi connectivity index (χ3v) is 6.31. The maximum Gasteiger partial charge on any atom is 0.227 e. The second-order valence-electron chi connectivity index (χ2n) is 8.28. The Morgan fingerprint density at radius 1 is 0.840 bits per heavy atom. The summed E-state index contributed by atoms with van der Waals surface area (Å²) >= 11 is 0. The number of piperidine rings is 1. The molecule has 3 amide bonds. The van der Waals surface area contributed by atoms with Crippen LogP contribution in [0.4, 0.5) is 0 Å². The molecule has 0 aromatic carbocycles. The summed E-state index contributed by atoms with van der Waals surface area (Å²) in [5.41, 5.74) is 0. The van der Waals surface area contributed by atoms with Gasteiger partial charge in [0.15, 0.2) is 0 Å². The van der Waals surface area contributed by atoms with Crippen LogP contribution in [-0.4, -0.2) is 71.7 Å². The van der Waals surface area contributed by atoms with Crippen LogP contribution >= 0.6 is 0 Å². The summed E-state index contributed by atoms with van der Waals surface area (Å²) in [6.45, 7) is 4.73. The minimum atomic E-state index is -0.137. The summed E-state index contributed by atoms with van der Waals surface area (Å²) < 4.78 is 0. The summed E-state index contributed by atoms with van der Waals surface area (Å²) in [5.74, 6) is 1.28. The van der Waals surface area contributed by atoms with Gasteiger partial charge in [0.1, 0.15) is 0 Å². The molecule has 3 saturated heterocycles. The molecule has 0 aromatic heterocycles. The Labute approximate surface area is 149 Å². The molecular formula is C19H29N3O3. The van der Waals surface area contributed by atoms with Crippen molar-refractivity contribution in [3.8, 4) is 0 Å². The quantitative estimate of drug-likeness (QED) is 0.765. The van der Waals surface area contributed by atoms with Crippen LogP contribution in [-0.2, 0) is 14.4 Å². The van der Waals surface area contributed by atoms with Gasteiger partial charge in [0.2, 0.25) is 17.7 Å². The van der Waals surface area contributed by atoms with Gasteiger partial charge in [-0.05, 0) is 44.4 Å². The SMILES string of the molecule is O=C1CC(C(=O)N2CCCC2)CN1CC1CCN(C(=O)C2CC2)CC1. The second-order valence-corrected chi connectivity index (χ2v) is 8.28. The van der Waals surface area contributed by atoms with Crippen molar-refractivity contribution in [1.82, 2.24) is 14.7 Å². The smallest absolute Gasteiger partial charge is 0.227 e. The summed E-state index contributed by atoms with van der Waals surface area (Å²) in [4.78, 5) is 42.8. The zero-order chi connectivity index (χ0) is 17.4. The number of hydrogen-bond acceptors (Lipinski definition) is 3. The molecule has 1 atom stereocenters. The van der Waals surface area contributed by atoms with Gasteiger partial charge in [0, 0.05) is 51.6 Å². The lowest BCUT2D eigenvalue weighted by atomic mass is 9.96. The lowest BCUT2D eigenvalue weighted by Crippen LogP contribution is -2.42. The number of nitrogens with zero attached hydrogens (tertiary/aromatic N) is 3. The molecule has 4 fully saturated rings. The highest BCUT2D eigenvalue weighted by Crippen LogP contribution is 2.33. The average Bonchev–Trinajstić information content (AvgIpc) is 3.20. The maximum atomic E-state index is 12.5. The first-order valence-electron chi connectivity index (χ1n) is 9.97. The fourth-order valence-electron chi connectivity index (χ4n) is 4.55. The number of rotatable bonds is 4. The molecule has 1 unspecified atom stereocenters. The molecule has 3 heterocycles. The van der Waals surface area contributed by atoms with Gasteiger partial charge >= 0.3 is 0 Å². The first-order chi connectivity index (χ1) is 12.1. The highest BCUT2D eigenvalue weighted by Gasteiger charge is 2.39. The fraction of sp³-hybridized carbons (Fsp3) is 0.842. The van der Waals surface area contributed by atoms with Gasteiger partial charge in [0.25, 0.3) is 0 Å². The Bertz CT molecular complexity index is 546. The third-order valence-electron chi connectivity index (χ3n) is 6.31. The predicted octanol–water partition coefficient (Wildman–Crippen LogP) is 1.11. The van der Waals surface area contributed by atoms with Crippen LogP contribution in [0.15, 0.2) is 0 Å². The molecule has 1 aliphatic carbocycles. The van der Waals surface area contributed by atoms with Crippen LogP contribution in [0.25, 0.3) is 0 Å². The van der Waals surface area contributed by atoms with E-state index in [1.807, 2.05) is 14.7 Å². The summed E-state index contributed by atoms with van der Waals surface area (Å²) in [5, 5.41) is 0. The van der Waals surface area contributed by atoms with E-state index < -0.39 is 0 Å². The fourth-order valence-corrected chi connectivity index (χ4v) is 4.55. The molecular weight excluding hydrogens is 318 g/mol. The van der Waals surface area contributed by atoms with E-state index in [2.05, 4.69) is 0 Å². The van der Waals surface area contributed by atoms with Crippen molar-refractivity contribution in [3.05, 3.63) is 0 Å². The van der Waals surface area contributed by atoms with Crippen LogP contribution in [0.1, 0.15) is 44.9 Å². The van der Waals surface area contributed by atoms with E-state index >= 15 is 0 Å². The Morgan fingerprint density at radius 3 is 2.08 bits per heavy atom. The molecule has 6 heteroatoms. The monoisotopic (exact) mass is 347 g/mol. The van der Waals surface area contributed by atoms with Crippen molar-refractivity contribution < 1.29 is 14.4 Å². The van der Waals surface area contributed by atoms with E-state index in [0.717, 1.165) is 71.2 Å². The highest BCUT2D eigenvalue weighted by molar-refractivity contribution is 5.89. The van der Waals surface area contributed by atoms with E-state index in [1.54, 1.807) is 0 Å². The molecule has 4 rings (SSSR count). The largest absolute Gasteiger partial charge is 0.342 e. The van der Waals surface area contributed by atoms with Crippen molar-refractivity contribution >= 4 is 17.7 Å². The molecule has 6 nitrogen and oxygen atoms in total. The predicted molar refractivity (Wildman–Crippen MR) is 92.5 cm³/mol. The number of carbonyl (C=O) groups excluding carboxylic acids is 3. The lowest BCUT2D eigenvalue weighted by molar-refractivity contribution is -0.135. The zero-order valence-corrected chi connectivity index (χ0v) is 15.0. The number of amides is 3. The van der Waals surface area contributed by atoms with E-state index in [0.29, 0.717) is 30.7 Å². The van der Waals surface area contributed by atoms with Gasteiger partial charge in [-0.15, -0.1) is 0 Å².